The van der Waals surface area contributed by atoms with Crippen molar-refractivity contribution in [3.05, 3.63) is 47.5 Å². The van der Waals surface area contributed by atoms with Gasteiger partial charge in [-0.25, -0.2) is 0 Å². The molecule has 1 aliphatic rings. The number of rotatable bonds is 6. The van der Waals surface area contributed by atoms with Gasteiger partial charge in [0.15, 0.2) is 0 Å². The van der Waals surface area contributed by atoms with Crippen molar-refractivity contribution < 1.29 is 4.79 Å². The van der Waals surface area contributed by atoms with Gasteiger partial charge in [-0.3, -0.25) is 4.79 Å². The fourth-order valence-corrected chi connectivity index (χ4v) is 3.37. The van der Waals surface area contributed by atoms with Gasteiger partial charge in [0, 0.05) is 6.54 Å². The number of carbonyl (C=O) groups excluding carboxylic acids is 1. The predicted molar refractivity (Wildman–Crippen MR) is 91.6 cm³/mol. The maximum Gasteiger partial charge on any atom is 0.225 e. The first kappa shape index (κ1) is 16.8. The summed E-state index contributed by atoms with van der Waals surface area (Å²) < 4.78 is 0. The first-order valence-corrected chi connectivity index (χ1v) is 8.28. The molecule has 120 valence electrons. The second kappa shape index (κ2) is 8.14. The Labute approximate surface area is 134 Å². The highest BCUT2D eigenvalue weighted by molar-refractivity contribution is 5.82. The van der Waals surface area contributed by atoms with Crippen LogP contribution in [0.25, 0.3) is 0 Å². The molecule has 0 saturated carbocycles. The van der Waals surface area contributed by atoms with Crippen LogP contribution in [0.4, 0.5) is 0 Å². The SMILES string of the molecule is CC(C)=CCCN1CCC(C(C(N)=O)c2ccccc2)CC1. The van der Waals surface area contributed by atoms with Crippen molar-refractivity contribution in [2.45, 2.75) is 39.0 Å². The lowest BCUT2D eigenvalue weighted by Crippen LogP contribution is -2.39. The second-order valence-corrected chi connectivity index (χ2v) is 6.54. The second-order valence-electron chi connectivity index (χ2n) is 6.54. The van der Waals surface area contributed by atoms with E-state index in [0.717, 1.165) is 44.5 Å². The van der Waals surface area contributed by atoms with E-state index in [0.29, 0.717) is 5.92 Å². The molecule has 1 saturated heterocycles. The molecule has 3 nitrogen and oxygen atoms in total. The first-order valence-electron chi connectivity index (χ1n) is 8.28. The highest BCUT2D eigenvalue weighted by Gasteiger charge is 2.30. The Bertz CT molecular complexity index is 497. The molecule has 1 atom stereocenters. The molecule has 0 bridgehead atoms. The molecule has 1 unspecified atom stereocenters. The fraction of sp³-hybridized carbons (Fsp3) is 0.526. The smallest absolute Gasteiger partial charge is 0.225 e. The number of hydrogen-bond donors (Lipinski definition) is 1. The number of primary amides is 1. The van der Waals surface area contributed by atoms with Gasteiger partial charge in [-0.05, 0) is 57.7 Å². The molecule has 2 N–H and O–H groups in total. The monoisotopic (exact) mass is 300 g/mol. The quantitative estimate of drug-likeness (QED) is 0.819. The summed E-state index contributed by atoms with van der Waals surface area (Å²) in [5.74, 6) is 0.0509. The Morgan fingerprint density at radius 2 is 1.91 bits per heavy atom. The summed E-state index contributed by atoms with van der Waals surface area (Å²) in [5.41, 5.74) is 8.14. The molecule has 2 rings (SSSR count). The van der Waals surface area contributed by atoms with E-state index in [1.807, 2.05) is 30.3 Å². The van der Waals surface area contributed by atoms with E-state index in [1.54, 1.807) is 0 Å². The lowest BCUT2D eigenvalue weighted by atomic mass is 9.79. The van der Waals surface area contributed by atoms with Gasteiger partial charge >= 0.3 is 0 Å². The van der Waals surface area contributed by atoms with Crippen LogP contribution >= 0.6 is 0 Å². The van der Waals surface area contributed by atoms with E-state index in [9.17, 15) is 4.79 Å². The van der Waals surface area contributed by atoms with Crippen molar-refractivity contribution in [1.82, 2.24) is 4.90 Å². The third-order valence-electron chi connectivity index (χ3n) is 4.57. The number of carbonyl (C=O) groups is 1. The molecule has 1 aromatic rings. The van der Waals surface area contributed by atoms with Crippen molar-refractivity contribution >= 4 is 5.91 Å². The maximum atomic E-state index is 11.9. The van der Waals surface area contributed by atoms with E-state index in [-0.39, 0.29) is 11.8 Å². The number of nitrogens with zero attached hydrogens (tertiary/aromatic N) is 1. The van der Waals surface area contributed by atoms with Crippen LogP contribution in [-0.4, -0.2) is 30.4 Å². The van der Waals surface area contributed by atoms with Crippen LogP contribution in [0.5, 0.6) is 0 Å². The molecule has 22 heavy (non-hydrogen) atoms. The van der Waals surface area contributed by atoms with Gasteiger partial charge in [0.2, 0.25) is 5.91 Å². The first-order chi connectivity index (χ1) is 10.6. The molecule has 0 aliphatic carbocycles. The minimum atomic E-state index is -0.186. The summed E-state index contributed by atoms with van der Waals surface area (Å²) in [6, 6.07) is 10.0. The Morgan fingerprint density at radius 1 is 1.27 bits per heavy atom. The molecule has 0 spiro atoms. The molecule has 1 heterocycles. The summed E-state index contributed by atoms with van der Waals surface area (Å²) in [7, 11) is 0. The molecule has 1 aromatic carbocycles. The Morgan fingerprint density at radius 3 is 2.45 bits per heavy atom. The average molecular weight is 300 g/mol. The summed E-state index contributed by atoms with van der Waals surface area (Å²) in [6.07, 6.45) is 5.52. The van der Waals surface area contributed by atoms with Crippen molar-refractivity contribution in [1.29, 1.82) is 0 Å². The van der Waals surface area contributed by atoms with Crippen LogP contribution in [-0.2, 0) is 4.79 Å². The van der Waals surface area contributed by atoms with Gasteiger partial charge in [0.05, 0.1) is 5.92 Å². The third kappa shape index (κ3) is 4.70. The minimum Gasteiger partial charge on any atom is -0.369 e. The molecule has 1 amide bonds. The molecule has 1 fully saturated rings. The van der Waals surface area contributed by atoms with Gasteiger partial charge in [-0.2, -0.15) is 0 Å². The van der Waals surface area contributed by atoms with Gasteiger partial charge in [0.1, 0.15) is 0 Å². The summed E-state index contributed by atoms with van der Waals surface area (Å²) >= 11 is 0. The Kier molecular flexibility index (Phi) is 6.20. The standard InChI is InChI=1S/C19H28N2O/c1-15(2)7-6-12-21-13-10-17(11-14-21)18(19(20)22)16-8-4-3-5-9-16/h3-5,7-9,17-18H,6,10-14H2,1-2H3,(H2,20,22). The Balaban J connectivity index is 1.91. The zero-order valence-corrected chi connectivity index (χ0v) is 13.8. The van der Waals surface area contributed by atoms with Crippen molar-refractivity contribution in [2.24, 2.45) is 11.7 Å². The van der Waals surface area contributed by atoms with Gasteiger partial charge in [0.25, 0.3) is 0 Å². The van der Waals surface area contributed by atoms with Crippen molar-refractivity contribution in [3.8, 4) is 0 Å². The predicted octanol–water partition coefficient (Wildman–Crippen LogP) is 3.32. The topological polar surface area (TPSA) is 46.3 Å². The minimum absolute atomic E-state index is 0.138. The van der Waals surface area contributed by atoms with Gasteiger partial charge in [-0.15, -0.1) is 0 Å². The van der Waals surface area contributed by atoms with E-state index in [2.05, 4.69) is 24.8 Å². The van der Waals surface area contributed by atoms with Crippen LogP contribution in [0.3, 0.4) is 0 Å². The van der Waals surface area contributed by atoms with E-state index in [4.69, 9.17) is 5.73 Å². The fourth-order valence-electron chi connectivity index (χ4n) is 3.37. The van der Waals surface area contributed by atoms with Crippen LogP contribution in [0.1, 0.15) is 44.6 Å². The van der Waals surface area contributed by atoms with Crippen LogP contribution in [0.2, 0.25) is 0 Å². The summed E-state index contributed by atoms with van der Waals surface area (Å²) in [4.78, 5) is 14.4. The number of nitrogens with two attached hydrogens (primary N) is 1. The maximum absolute atomic E-state index is 11.9. The van der Waals surface area contributed by atoms with E-state index >= 15 is 0 Å². The number of benzene rings is 1. The lowest BCUT2D eigenvalue weighted by molar-refractivity contribution is -0.121. The molecular formula is C19H28N2O. The number of piperidine rings is 1. The van der Waals surface area contributed by atoms with Crippen LogP contribution < -0.4 is 5.73 Å². The normalized spacial score (nSPS) is 17.9. The highest BCUT2D eigenvalue weighted by atomic mass is 16.1. The van der Waals surface area contributed by atoms with Crippen molar-refractivity contribution in [3.63, 3.8) is 0 Å². The third-order valence-corrected chi connectivity index (χ3v) is 4.57. The van der Waals surface area contributed by atoms with E-state index < -0.39 is 0 Å². The number of allylic oxidation sites excluding steroid dienone is 1. The zero-order valence-electron chi connectivity index (χ0n) is 13.8. The summed E-state index contributed by atoms with van der Waals surface area (Å²) in [6.45, 7) is 7.54. The molecule has 0 aromatic heterocycles. The highest BCUT2D eigenvalue weighted by Crippen LogP contribution is 2.32. The molecule has 1 aliphatic heterocycles. The molecular weight excluding hydrogens is 272 g/mol. The zero-order chi connectivity index (χ0) is 15.9. The van der Waals surface area contributed by atoms with Crippen LogP contribution in [0, 0.1) is 5.92 Å². The number of likely N-dealkylation sites (tertiary alicyclic amines) is 1. The van der Waals surface area contributed by atoms with Gasteiger partial charge in [-0.1, -0.05) is 42.0 Å². The lowest BCUT2D eigenvalue weighted by Gasteiger charge is -2.35. The van der Waals surface area contributed by atoms with E-state index in [1.165, 1.54) is 5.57 Å². The number of amides is 1. The average Bonchev–Trinajstić information content (AvgIpc) is 2.49. The number of hydrogen-bond acceptors (Lipinski definition) is 2. The van der Waals surface area contributed by atoms with Crippen molar-refractivity contribution in [2.75, 3.05) is 19.6 Å². The van der Waals surface area contributed by atoms with Gasteiger partial charge < -0.3 is 10.6 Å². The Hall–Kier alpha value is -1.61. The largest absolute Gasteiger partial charge is 0.369 e. The van der Waals surface area contributed by atoms with Crippen LogP contribution in [0.15, 0.2) is 42.0 Å². The summed E-state index contributed by atoms with van der Waals surface area (Å²) in [5, 5.41) is 0. The molecule has 0 radical (unpaired) electrons. The molecule has 3 heteroatoms.